The van der Waals surface area contributed by atoms with Crippen LogP contribution in [0.5, 0.6) is 0 Å². The summed E-state index contributed by atoms with van der Waals surface area (Å²) in [5.74, 6) is 0. The Morgan fingerprint density at radius 3 is 2.61 bits per heavy atom. The van der Waals surface area contributed by atoms with Gasteiger partial charge >= 0.3 is 0 Å². The monoisotopic (exact) mass is 301 g/mol. The highest BCUT2D eigenvalue weighted by molar-refractivity contribution is 6.34. The second kappa shape index (κ2) is 5.85. The summed E-state index contributed by atoms with van der Waals surface area (Å²) in [6, 6.07) is 3.11. The van der Waals surface area contributed by atoms with Crippen LogP contribution in [0.1, 0.15) is 17.3 Å². The summed E-state index contributed by atoms with van der Waals surface area (Å²) >= 11 is 17.9. The fraction of sp³-hybridized carbons (Fsp3) is 0.167. The molecule has 0 fully saturated rings. The van der Waals surface area contributed by atoms with E-state index in [9.17, 15) is 0 Å². The first-order valence-electron chi connectivity index (χ1n) is 5.23. The number of nitrogens with zero attached hydrogens (tertiary/aromatic N) is 2. The van der Waals surface area contributed by atoms with Gasteiger partial charge in [-0.05, 0) is 24.1 Å². The molecule has 3 nitrogen and oxygen atoms in total. The molecule has 0 aliphatic heterocycles. The normalized spacial score (nSPS) is 12.4. The summed E-state index contributed by atoms with van der Waals surface area (Å²) in [5.41, 5.74) is 7.59. The van der Waals surface area contributed by atoms with Crippen LogP contribution in [0.25, 0.3) is 0 Å². The van der Waals surface area contributed by atoms with Crippen molar-refractivity contribution in [1.82, 2.24) is 9.97 Å². The van der Waals surface area contributed by atoms with E-state index in [4.69, 9.17) is 40.5 Å². The summed E-state index contributed by atoms with van der Waals surface area (Å²) in [5, 5.41) is 1.52. The number of rotatable bonds is 3. The lowest BCUT2D eigenvalue weighted by Gasteiger charge is -2.13. The molecule has 2 aromatic heterocycles. The molecule has 0 saturated carbocycles. The first-order chi connectivity index (χ1) is 8.58. The van der Waals surface area contributed by atoms with Crippen molar-refractivity contribution in [3.63, 3.8) is 0 Å². The Kier molecular flexibility index (Phi) is 4.40. The molecule has 0 radical (unpaired) electrons. The number of nitrogens with two attached hydrogens (primary N) is 1. The third-order valence-corrected chi connectivity index (χ3v) is 3.33. The highest BCUT2D eigenvalue weighted by Crippen LogP contribution is 2.26. The molecular weight excluding hydrogens is 293 g/mol. The minimum absolute atomic E-state index is 0.338. The summed E-state index contributed by atoms with van der Waals surface area (Å²) in [7, 11) is 0. The lowest BCUT2D eigenvalue weighted by atomic mass is 10.0. The third-order valence-electron chi connectivity index (χ3n) is 2.48. The van der Waals surface area contributed by atoms with Crippen LogP contribution in [0.15, 0.2) is 30.7 Å². The van der Waals surface area contributed by atoms with E-state index in [-0.39, 0.29) is 6.04 Å². The van der Waals surface area contributed by atoms with Crippen LogP contribution < -0.4 is 5.73 Å². The number of aromatic nitrogens is 2. The fourth-order valence-electron chi connectivity index (χ4n) is 1.60. The molecule has 1 unspecified atom stereocenters. The molecule has 0 amide bonds. The maximum Gasteiger partial charge on any atom is 0.0761 e. The molecule has 0 spiro atoms. The average Bonchev–Trinajstić information content (AvgIpc) is 2.32. The minimum atomic E-state index is -0.338. The molecule has 0 bridgehead atoms. The minimum Gasteiger partial charge on any atom is -0.322 e. The van der Waals surface area contributed by atoms with Crippen LogP contribution >= 0.6 is 34.8 Å². The van der Waals surface area contributed by atoms with Crippen LogP contribution in [0.4, 0.5) is 0 Å². The van der Waals surface area contributed by atoms with E-state index in [2.05, 4.69) is 9.97 Å². The quantitative estimate of drug-likeness (QED) is 0.941. The Balaban J connectivity index is 2.22. The zero-order valence-electron chi connectivity index (χ0n) is 9.28. The Morgan fingerprint density at radius 2 is 1.94 bits per heavy atom. The molecule has 2 rings (SSSR count). The van der Waals surface area contributed by atoms with Crippen LogP contribution in [0.2, 0.25) is 15.1 Å². The van der Waals surface area contributed by atoms with Crippen LogP contribution in [-0.2, 0) is 6.42 Å². The number of pyridine rings is 2. The predicted octanol–water partition coefficient (Wildman–Crippen LogP) is 3.68. The average molecular weight is 303 g/mol. The number of hydrogen-bond donors (Lipinski definition) is 1. The molecular formula is C12H10Cl3N3. The molecule has 6 heteroatoms. The number of hydrogen-bond acceptors (Lipinski definition) is 3. The second-order valence-electron chi connectivity index (χ2n) is 3.80. The molecule has 2 aromatic rings. The van der Waals surface area contributed by atoms with Crippen LogP contribution in [0, 0.1) is 0 Å². The zero-order valence-corrected chi connectivity index (χ0v) is 11.5. The molecule has 2 heterocycles. The van der Waals surface area contributed by atoms with Crippen LogP contribution in [-0.4, -0.2) is 9.97 Å². The maximum atomic E-state index is 6.08. The van der Waals surface area contributed by atoms with Gasteiger partial charge in [0, 0.05) is 18.6 Å². The van der Waals surface area contributed by atoms with Crippen molar-refractivity contribution >= 4 is 34.8 Å². The van der Waals surface area contributed by atoms with Crippen molar-refractivity contribution in [2.45, 2.75) is 12.5 Å². The largest absolute Gasteiger partial charge is 0.322 e. The smallest absolute Gasteiger partial charge is 0.0761 e. The van der Waals surface area contributed by atoms with Gasteiger partial charge in [-0.25, -0.2) is 0 Å². The molecule has 0 aliphatic carbocycles. The fourth-order valence-corrected chi connectivity index (χ4v) is 2.32. The number of halogens is 3. The van der Waals surface area contributed by atoms with Crippen molar-refractivity contribution < 1.29 is 0 Å². The molecule has 1 atom stereocenters. The standard InChI is InChI=1S/C12H10Cl3N3/c13-8-4-9(14)12(18-5-8)11(16)3-7-1-2-17-6-10(7)15/h1-2,4-6,11H,3,16H2. The van der Waals surface area contributed by atoms with Crippen molar-refractivity contribution in [3.05, 3.63) is 57.0 Å². The second-order valence-corrected chi connectivity index (χ2v) is 5.05. The Bertz CT molecular complexity index is 560. The summed E-state index contributed by atoms with van der Waals surface area (Å²) in [6.07, 6.45) is 5.32. The van der Waals surface area contributed by atoms with Gasteiger partial charge in [0.2, 0.25) is 0 Å². The van der Waals surface area contributed by atoms with Crippen molar-refractivity contribution in [1.29, 1.82) is 0 Å². The maximum absolute atomic E-state index is 6.08. The topological polar surface area (TPSA) is 51.8 Å². The van der Waals surface area contributed by atoms with Crippen molar-refractivity contribution in [2.24, 2.45) is 5.73 Å². The summed E-state index contributed by atoms with van der Waals surface area (Å²) < 4.78 is 0. The summed E-state index contributed by atoms with van der Waals surface area (Å²) in [6.45, 7) is 0. The van der Waals surface area contributed by atoms with Gasteiger partial charge in [-0.2, -0.15) is 0 Å². The van der Waals surface area contributed by atoms with E-state index < -0.39 is 0 Å². The molecule has 94 valence electrons. The lowest BCUT2D eigenvalue weighted by Crippen LogP contribution is -2.15. The van der Waals surface area contributed by atoms with Gasteiger partial charge in [0.15, 0.2) is 0 Å². The highest BCUT2D eigenvalue weighted by Gasteiger charge is 2.14. The van der Waals surface area contributed by atoms with Crippen molar-refractivity contribution in [3.8, 4) is 0 Å². The van der Waals surface area contributed by atoms with E-state index in [1.807, 2.05) is 6.07 Å². The lowest BCUT2D eigenvalue weighted by molar-refractivity contribution is 0.696. The zero-order chi connectivity index (χ0) is 13.1. The predicted molar refractivity (Wildman–Crippen MR) is 74.1 cm³/mol. The van der Waals surface area contributed by atoms with Gasteiger partial charge < -0.3 is 5.73 Å². The van der Waals surface area contributed by atoms with Gasteiger partial charge in [0.1, 0.15) is 0 Å². The van der Waals surface area contributed by atoms with Gasteiger partial charge in [-0.1, -0.05) is 34.8 Å². The Hall–Kier alpha value is -0.870. The van der Waals surface area contributed by atoms with Crippen molar-refractivity contribution in [2.75, 3.05) is 0 Å². The van der Waals surface area contributed by atoms with E-state index in [0.29, 0.717) is 27.2 Å². The van der Waals surface area contributed by atoms with E-state index in [1.165, 1.54) is 6.20 Å². The molecule has 18 heavy (non-hydrogen) atoms. The molecule has 0 saturated heterocycles. The van der Waals surface area contributed by atoms with Gasteiger partial charge in [0.25, 0.3) is 0 Å². The first-order valence-corrected chi connectivity index (χ1v) is 6.36. The van der Waals surface area contributed by atoms with Gasteiger partial charge in [-0.15, -0.1) is 0 Å². The Labute approximate surface area is 120 Å². The van der Waals surface area contributed by atoms with E-state index in [1.54, 1.807) is 18.5 Å². The summed E-state index contributed by atoms with van der Waals surface area (Å²) in [4.78, 5) is 8.08. The third kappa shape index (κ3) is 3.12. The van der Waals surface area contributed by atoms with Gasteiger partial charge in [-0.3, -0.25) is 9.97 Å². The van der Waals surface area contributed by atoms with Gasteiger partial charge in [0.05, 0.1) is 26.8 Å². The molecule has 0 aliphatic rings. The SMILES string of the molecule is NC(Cc1ccncc1Cl)c1ncc(Cl)cc1Cl. The van der Waals surface area contributed by atoms with Crippen LogP contribution in [0.3, 0.4) is 0 Å². The molecule has 0 aromatic carbocycles. The highest BCUT2D eigenvalue weighted by atomic mass is 35.5. The first kappa shape index (κ1) is 13.6. The molecule has 2 N–H and O–H groups in total. The Morgan fingerprint density at radius 1 is 1.17 bits per heavy atom. The van der Waals surface area contributed by atoms with E-state index in [0.717, 1.165) is 5.56 Å². The van der Waals surface area contributed by atoms with E-state index >= 15 is 0 Å².